The predicted octanol–water partition coefficient (Wildman–Crippen LogP) is 2.49. The Hall–Kier alpha value is -0.120. The largest absolute Gasteiger partial charge is 0.381 e. The van der Waals surface area contributed by atoms with Gasteiger partial charge in [-0.3, -0.25) is 0 Å². The Bertz CT molecular complexity index is 188. The van der Waals surface area contributed by atoms with E-state index in [2.05, 4.69) is 27.7 Å². The molecule has 0 aromatic carbocycles. The molecule has 96 valence electrons. The van der Waals surface area contributed by atoms with E-state index in [1.54, 1.807) is 0 Å². The van der Waals surface area contributed by atoms with Gasteiger partial charge in [0.05, 0.1) is 26.4 Å². The monoisotopic (exact) mass is 230 g/mol. The molecule has 3 heteroatoms. The molecule has 16 heavy (non-hydrogen) atoms. The quantitative estimate of drug-likeness (QED) is 0.570. The Kier molecular flexibility index (Phi) is 5.73. The number of epoxide rings is 1. The van der Waals surface area contributed by atoms with E-state index in [0.717, 1.165) is 33.0 Å². The molecule has 0 saturated carbocycles. The minimum atomic E-state index is 0.0996. The van der Waals surface area contributed by atoms with Gasteiger partial charge >= 0.3 is 0 Å². The van der Waals surface area contributed by atoms with E-state index in [1.807, 2.05) is 0 Å². The molecule has 0 N–H and O–H groups in total. The molecule has 0 aliphatic carbocycles. The van der Waals surface area contributed by atoms with E-state index >= 15 is 0 Å². The Balaban J connectivity index is 2.02. The average molecular weight is 230 g/mol. The standard InChI is InChI=1S/C13H26O3/c1-5-11(2)6-14-9-13(3,4)10-15-7-12-8-16-12/h11-12H,5-10H2,1-4H3. The zero-order chi connectivity index (χ0) is 12.0. The van der Waals surface area contributed by atoms with Crippen molar-refractivity contribution in [3.8, 4) is 0 Å². The fraction of sp³-hybridized carbons (Fsp3) is 1.00. The lowest BCUT2D eigenvalue weighted by Gasteiger charge is -2.24. The molecule has 1 heterocycles. The summed E-state index contributed by atoms with van der Waals surface area (Å²) in [5.74, 6) is 0.650. The van der Waals surface area contributed by atoms with Gasteiger partial charge in [-0.25, -0.2) is 0 Å². The third-order valence-electron chi connectivity index (χ3n) is 2.79. The number of hydrogen-bond donors (Lipinski definition) is 0. The van der Waals surface area contributed by atoms with Crippen molar-refractivity contribution >= 4 is 0 Å². The van der Waals surface area contributed by atoms with Crippen molar-refractivity contribution in [3.63, 3.8) is 0 Å². The van der Waals surface area contributed by atoms with Gasteiger partial charge in [-0.2, -0.15) is 0 Å². The van der Waals surface area contributed by atoms with Gasteiger partial charge in [-0.05, 0) is 5.92 Å². The average Bonchev–Trinajstić information content (AvgIpc) is 3.01. The first-order valence-corrected chi connectivity index (χ1v) is 6.30. The summed E-state index contributed by atoms with van der Waals surface area (Å²) in [7, 11) is 0. The number of rotatable bonds is 9. The zero-order valence-corrected chi connectivity index (χ0v) is 11.1. The zero-order valence-electron chi connectivity index (χ0n) is 11.1. The van der Waals surface area contributed by atoms with E-state index in [1.165, 1.54) is 6.42 Å². The second-order valence-electron chi connectivity index (χ2n) is 5.66. The van der Waals surface area contributed by atoms with E-state index in [4.69, 9.17) is 14.2 Å². The van der Waals surface area contributed by atoms with Crippen LogP contribution in [0.2, 0.25) is 0 Å². The lowest BCUT2D eigenvalue weighted by Crippen LogP contribution is -2.27. The van der Waals surface area contributed by atoms with Gasteiger partial charge in [0.25, 0.3) is 0 Å². The molecule has 0 bridgehead atoms. The highest BCUT2D eigenvalue weighted by Gasteiger charge is 2.25. The van der Waals surface area contributed by atoms with Gasteiger partial charge in [-0.15, -0.1) is 0 Å². The van der Waals surface area contributed by atoms with E-state index in [0.29, 0.717) is 12.0 Å². The van der Waals surface area contributed by atoms with Crippen molar-refractivity contribution in [2.24, 2.45) is 11.3 Å². The van der Waals surface area contributed by atoms with Crippen molar-refractivity contribution in [1.29, 1.82) is 0 Å². The second-order valence-corrected chi connectivity index (χ2v) is 5.66. The Morgan fingerprint density at radius 1 is 1.31 bits per heavy atom. The number of ether oxygens (including phenoxy) is 3. The van der Waals surface area contributed by atoms with Crippen LogP contribution >= 0.6 is 0 Å². The minimum absolute atomic E-state index is 0.0996. The molecule has 2 unspecified atom stereocenters. The molecule has 3 nitrogen and oxygen atoms in total. The van der Waals surface area contributed by atoms with Gasteiger partial charge in [-0.1, -0.05) is 34.1 Å². The summed E-state index contributed by atoms with van der Waals surface area (Å²) >= 11 is 0. The maximum Gasteiger partial charge on any atom is 0.104 e. The number of hydrogen-bond acceptors (Lipinski definition) is 3. The van der Waals surface area contributed by atoms with E-state index < -0.39 is 0 Å². The van der Waals surface area contributed by atoms with Crippen LogP contribution in [0.15, 0.2) is 0 Å². The lowest BCUT2D eigenvalue weighted by atomic mass is 9.96. The van der Waals surface area contributed by atoms with E-state index in [9.17, 15) is 0 Å². The molecule has 0 radical (unpaired) electrons. The normalized spacial score (nSPS) is 22.1. The third-order valence-corrected chi connectivity index (χ3v) is 2.79. The SMILES string of the molecule is CCC(C)COCC(C)(C)COCC1CO1. The Labute approximate surface area is 99.5 Å². The molecule has 1 saturated heterocycles. The molecular formula is C13H26O3. The van der Waals surface area contributed by atoms with Gasteiger partial charge in [0.15, 0.2) is 0 Å². The Morgan fingerprint density at radius 3 is 2.50 bits per heavy atom. The van der Waals surface area contributed by atoms with Crippen molar-refractivity contribution in [3.05, 3.63) is 0 Å². The summed E-state index contributed by atoms with van der Waals surface area (Å²) in [6.07, 6.45) is 1.53. The van der Waals surface area contributed by atoms with Crippen LogP contribution < -0.4 is 0 Å². The third kappa shape index (κ3) is 6.46. The molecule has 1 aliphatic heterocycles. The molecule has 1 rings (SSSR count). The maximum atomic E-state index is 5.71. The summed E-state index contributed by atoms with van der Waals surface area (Å²) in [5, 5.41) is 0. The van der Waals surface area contributed by atoms with Crippen LogP contribution in [0.3, 0.4) is 0 Å². The Morgan fingerprint density at radius 2 is 1.94 bits per heavy atom. The first-order valence-electron chi connectivity index (χ1n) is 6.30. The topological polar surface area (TPSA) is 31.0 Å². The first-order chi connectivity index (χ1) is 7.53. The van der Waals surface area contributed by atoms with Gasteiger partial charge in [0, 0.05) is 12.0 Å². The van der Waals surface area contributed by atoms with Crippen LogP contribution in [-0.4, -0.2) is 39.1 Å². The summed E-state index contributed by atoms with van der Waals surface area (Å²) in [6.45, 7) is 12.7. The van der Waals surface area contributed by atoms with Crippen molar-refractivity contribution in [1.82, 2.24) is 0 Å². The van der Waals surface area contributed by atoms with Crippen molar-refractivity contribution in [2.75, 3.05) is 33.0 Å². The van der Waals surface area contributed by atoms with Gasteiger partial charge < -0.3 is 14.2 Å². The fourth-order valence-corrected chi connectivity index (χ4v) is 1.33. The van der Waals surface area contributed by atoms with Crippen LogP contribution in [0.4, 0.5) is 0 Å². The minimum Gasteiger partial charge on any atom is -0.381 e. The molecule has 0 amide bonds. The summed E-state index contributed by atoms with van der Waals surface area (Å²) in [5.41, 5.74) is 0.0996. The fourth-order valence-electron chi connectivity index (χ4n) is 1.33. The predicted molar refractivity (Wildman–Crippen MR) is 64.6 cm³/mol. The van der Waals surface area contributed by atoms with Crippen LogP contribution in [-0.2, 0) is 14.2 Å². The smallest absolute Gasteiger partial charge is 0.104 e. The van der Waals surface area contributed by atoms with Gasteiger partial charge in [0.1, 0.15) is 6.10 Å². The van der Waals surface area contributed by atoms with Crippen LogP contribution in [0, 0.1) is 11.3 Å². The van der Waals surface area contributed by atoms with E-state index in [-0.39, 0.29) is 5.41 Å². The highest BCUT2D eigenvalue weighted by molar-refractivity contribution is 4.71. The highest BCUT2D eigenvalue weighted by atomic mass is 16.6. The molecule has 1 fully saturated rings. The molecular weight excluding hydrogens is 204 g/mol. The summed E-state index contributed by atoms with van der Waals surface area (Å²) < 4.78 is 16.4. The van der Waals surface area contributed by atoms with Crippen molar-refractivity contribution in [2.45, 2.75) is 40.2 Å². The van der Waals surface area contributed by atoms with Crippen LogP contribution in [0.5, 0.6) is 0 Å². The van der Waals surface area contributed by atoms with Gasteiger partial charge in [0.2, 0.25) is 0 Å². The first kappa shape index (κ1) is 13.9. The highest BCUT2D eigenvalue weighted by Crippen LogP contribution is 2.18. The summed E-state index contributed by atoms with van der Waals surface area (Å²) in [6, 6.07) is 0. The molecule has 0 spiro atoms. The molecule has 0 aromatic rings. The lowest BCUT2D eigenvalue weighted by molar-refractivity contribution is -0.0146. The summed E-state index contributed by atoms with van der Waals surface area (Å²) in [4.78, 5) is 0. The molecule has 1 aliphatic rings. The molecule has 2 atom stereocenters. The maximum absolute atomic E-state index is 5.71. The second kappa shape index (κ2) is 6.58. The van der Waals surface area contributed by atoms with Crippen LogP contribution in [0.25, 0.3) is 0 Å². The van der Waals surface area contributed by atoms with Crippen LogP contribution in [0.1, 0.15) is 34.1 Å². The van der Waals surface area contributed by atoms with Crippen molar-refractivity contribution < 1.29 is 14.2 Å². The molecule has 0 aromatic heterocycles.